The molecular weight excluding hydrogens is 164 g/mol. The minimum atomic E-state index is 0.736. The Morgan fingerprint density at radius 1 is 1.62 bits per heavy atom. The van der Waals surface area contributed by atoms with Gasteiger partial charge in [0.25, 0.3) is 0 Å². The zero-order chi connectivity index (χ0) is 6.41. The zero-order valence-corrected chi connectivity index (χ0v) is 7.11. The van der Waals surface area contributed by atoms with Gasteiger partial charge in [0.15, 0.2) is 0 Å². The predicted octanol–water partition coefficient (Wildman–Crippen LogP) is 2.98. The quantitative estimate of drug-likeness (QED) is 0.459. The molecule has 0 aliphatic rings. The van der Waals surface area contributed by atoms with Crippen molar-refractivity contribution in [2.75, 3.05) is 5.33 Å². The maximum atomic E-state index is 3.39. The number of allylic oxidation sites excluding steroid dienone is 2. The van der Waals surface area contributed by atoms with Crippen LogP contribution in [-0.4, -0.2) is 5.33 Å². The fourth-order valence-corrected chi connectivity index (χ4v) is 1.32. The maximum absolute atomic E-state index is 3.39. The van der Waals surface area contributed by atoms with Crippen LogP contribution in [-0.2, 0) is 0 Å². The largest absolute Gasteiger partial charge is 0.0928 e. The normalized spacial score (nSPS) is 14.9. The third-order valence-electron chi connectivity index (χ3n) is 1.09. The molecule has 0 saturated carbocycles. The molecule has 0 rings (SSSR count). The highest BCUT2D eigenvalue weighted by atomic mass is 79.9. The molecule has 0 aliphatic carbocycles. The first kappa shape index (κ1) is 8.22. The van der Waals surface area contributed by atoms with Crippen LogP contribution in [0.1, 0.15) is 20.3 Å². The number of halogens is 1. The molecule has 0 fully saturated rings. The minimum absolute atomic E-state index is 0.736. The second-order valence-electron chi connectivity index (χ2n) is 1.98. The van der Waals surface area contributed by atoms with Crippen molar-refractivity contribution in [1.29, 1.82) is 0 Å². The van der Waals surface area contributed by atoms with Crippen molar-refractivity contribution < 1.29 is 0 Å². The lowest BCUT2D eigenvalue weighted by atomic mass is 10.1. The molecule has 0 N–H and O–H groups in total. The Bertz CT molecular complexity index is 66.8. The van der Waals surface area contributed by atoms with E-state index in [0.29, 0.717) is 0 Å². The number of hydrogen-bond donors (Lipinski definition) is 0. The fraction of sp³-hybridized carbons (Fsp3) is 0.714. The third-order valence-corrected chi connectivity index (χ3v) is 1.54. The molecular formula is C7H13Br. The van der Waals surface area contributed by atoms with Crippen molar-refractivity contribution in [2.24, 2.45) is 5.92 Å². The van der Waals surface area contributed by atoms with E-state index >= 15 is 0 Å². The molecule has 0 saturated heterocycles. The summed E-state index contributed by atoms with van der Waals surface area (Å²) in [6.07, 6.45) is 5.57. The lowest BCUT2D eigenvalue weighted by molar-refractivity contribution is 0.707. The molecule has 0 aromatic heterocycles. The van der Waals surface area contributed by atoms with E-state index in [-0.39, 0.29) is 0 Å². The molecule has 0 unspecified atom stereocenters. The van der Waals surface area contributed by atoms with Gasteiger partial charge < -0.3 is 0 Å². The van der Waals surface area contributed by atoms with Crippen LogP contribution in [0.3, 0.4) is 0 Å². The number of hydrogen-bond acceptors (Lipinski definition) is 0. The standard InChI is InChI=1S/C7H13Br/c1-3-4-7(2)5-6-8/h3-4,7H,5-6H2,1-2H3/b4-3-/t7-/m0/s1. The van der Waals surface area contributed by atoms with Crippen LogP contribution < -0.4 is 0 Å². The second-order valence-corrected chi connectivity index (χ2v) is 2.77. The summed E-state index contributed by atoms with van der Waals surface area (Å²) in [5.74, 6) is 0.736. The molecule has 8 heavy (non-hydrogen) atoms. The van der Waals surface area contributed by atoms with E-state index in [1.54, 1.807) is 0 Å². The van der Waals surface area contributed by atoms with Gasteiger partial charge in [-0.25, -0.2) is 0 Å². The van der Waals surface area contributed by atoms with Crippen molar-refractivity contribution in [3.63, 3.8) is 0 Å². The van der Waals surface area contributed by atoms with Crippen LogP contribution >= 0.6 is 15.9 Å². The zero-order valence-electron chi connectivity index (χ0n) is 5.52. The molecule has 48 valence electrons. The summed E-state index contributed by atoms with van der Waals surface area (Å²) >= 11 is 3.39. The fourth-order valence-electron chi connectivity index (χ4n) is 0.597. The van der Waals surface area contributed by atoms with E-state index in [4.69, 9.17) is 0 Å². The summed E-state index contributed by atoms with van der Waals surface area (Å²) in [4.78, 5) is 0. The first-order valence-electron chi connectivity index (χ1n) is 3.00. The van der Waals surface area contributed by atoms with Gasteiger partial charge in [-0.05, 0) is 19.3 Å². The highest BCUT2D eigenvalue weighted by Gasteiger charge is 1.91. The minimum Gasteiger partial charge on any atom is -0.0928 e. The summed E-state index contributed by atoms with van der Waals surface area (Å²) in [7, 11) is 0. The molecule has 0 aliphatic heterocycles. The van der Waals surface area contributed by atoms with Gasteiger partial charge in [0.1, 0.15) is 0 Å². The first-order chi connectivity index (χ1) is 3.81. The third kappa shape index (κ3) is 4.38. The van der Waals surface area contributed by atoms with Gasteiger partial charge >= 0.3 is 0 Å². The van der Waals surface area contributed by atoms with Gasteiger partial charge in [-0.1, -0.05) is 35.0 Å². The van der Waals surface area contributed by atoms with Crippen molar-refractivity contribution in [3.05, 3.63) is 12.2 Å². The maximum Gasteiger partial charge on any atom is 0.00368 e. The molecule has 1 atom stereocenters. The van der Waals surface area contributed by atoms with E-state index < -0.39 is 0 Å². The average Bonchev–Trinajstić information content (AvgIpc) is 1.68. The van der Waals surface area contributed by atoms with E-state index in [0.717, 1.165) is 11.2 Å². The molecule has 0 radical (unpaired) electrons. The molecule has 0 aromatic rings. The molecule has 0 bridgehead atoms. The summed E-state index contributed by atoms with van der Waals surface area (Å²) in [6, 6.07) is 0. The van der Waals surface area contributed by atoms with Gasteiger partial charge in [0, 0.05) is 5.33 Å². The summed E-state index contributed by atoms with van der Waals surface area (Å²) in [5, 5.41) is 1.11. The molecule has 0 aromatic carbocycles. The van der Waals surface area contributed by atoms with Gasteiger partial charge in [-0.2, -0.15) is 0 Å². The molecule has 0 amide bonds. The van der Waals surface area contributed by atoms with Crippen molar-refractivity contribution >= 4 is 15.9 Å². The Kier molecular flexibility index (Phi) is 5.51. The van der Waals surface area contributed by atoms with Crippen molar-refractivity contribution in [3.8, 4) is 0 Å². The molecule has 0 nitrogen and oxygen atoms in total. The summed E-state index contributed by atoms with van der Waals surface area (Å²) in [5.41, 5.74) is 0. The van der Waals surface area contributed by atoms with Crippen molar-refractivity contribution in [2.45, 2.75) is 20.3 Å². The average molecular weight is 177 g/mol. The Labute approximate surface area is 60.1 Å². The lowest BCUT2D eigenvalue weighted by Crippen LogP contribution is -1.88. The van der Waals surface area contributed by atoms with E-state index in [9.17, 15) is 0 Å². The highest BCUT2D eigenvalue weighted by molar-refractivity contribution is 9.09. The monoisotopic (exact) mass is 176 g/mol. The van der Waals surface area contributed by atoms with E-state index in [2.05, 4.69) is 41.9 Å². The predicted molar refractivity (Wildman–Crippen MR) is 42.4 cm³/mol. The van der Waals surface area contributed by atoms with Gasteiger partial charge in [0.2, 0.25) is 0 Å². The van der Waals surface area contributed by atoms with Crippen LogP contribution in [0.5, 0.6) is 0 Å². The molecule has 0 spiro atoms. The van der Waals surface area contributed by atoms with Crippen LogP contribution in [0.25, 0.3) is 0 Å². The van der Waals surface area contributed by atoms with Crippen LogP contribution in [0, 0.1) is 5.92 Å². The topological polar surface area (TPSA) is 0 Å². The number of alkyl halides is 1. The van der Waals surface area contributed by atoms with E-state index in [1.807, 2.05) is 0 Å². The Morgan fingerprint density at radius 3 is 2.62 bits per heavy atom. The lowest BCUT2D eigenvalue weighted by Gasteiger charge is -1.98. The highest BCUT2D eigenvalue weighted by Crippen LogP contribution is 2.04. The Hall–Kier alpha value is 0.220. The number of rotatable bonds is 3. The van der Waals surface area contributed by atoms with Crippen molar-refractivity contribution in [1.82, 2.24) is 0 Å². The van der Waals surface area contributed by atoms with Crippen LogP contribution in [0.2, 0.25) is 0 Å². The van der Waals surface area contributed by atoms with Gasteiger partial charge in [-0.15, -0.1) is 0 Å². The summed E-state index contributed by atoms with van der Waals surface area (Å²) < 4.78 is 0. The Morgan fingerprint density at radius 2 is 2.25 bits per heavy atom. The molecule has 1 heteroatoms. The van der Waals surface area contributed by atoms with Crippen LogP contribution in [0.4, 0.5) is 0 Å². The van der Waals surface area contributed by atoms with Crippen LogP contribution in [0.15, 0.2) is 12.2 Å². The molecule has 0 heterocycles. The van der Waals surface area contributed by atoms with Gasteiger partial charge in [-0.3, -0.25) is 0 Å². The SMILES string of the molecule is C/C=C\[C@H](C)CCBr. The van der Waals surface area contributed by atoms with Gasteiger partial charge in [0.05, 0.1) is 0 Å². The Balaban J connectivity index is 3.17. The smallest absolute Gasteiger partial charge is 0.00368 e. The van der Waals surface area contributed by atoms with E-state index in [1.165, 1.54) is 6.42 Å². The first-order valence-corrected chi connectivity index (χ1v) is 4.12. The summed E-state index contributed by atoms with van der Waals surface area (Å²) in [6.45, 7) is 4.28. The second kappa shape index (κ2) is 5.36.